The fourth-order valence-electron chi connectivity index (χ4n) is 1.38. The van der Waals surface area contributed by atoms with E-state index in [0.29, 0.717) is 6.42 Å². The lowest BCUT2D eigenvalue weighted by molar-refractivity contribution is 0.179. The standard InChI is InChI=1S/C10H11ClN2OS/c1-13-6-7(5-12-13)9(14)4-8-2-3-10(11)15-8/h2-3,5-6,9,14H,4H2,1H3. The largest absolute Gasteiger partial charge is 0.388 e. The van der Waals surface area contributed by atoms with Crippen molar-refractivity contribution in [1.82, 2.24) is 9.78 Å². The molecular weight excluding hydrogens is 232 g/mol. The lowest BCUT2D eigenvalue weighted by Gasteiger charge is -2.05. The predicted molar refractivity (Wildman–Crippen MR) is 61.2 cm³/mol. The molecule has 0 saturated carbocycles. The van der Waals surface area contributed by atoms with E-state index in [1.807, 2.05) is 25.4 Å². The molecule has 5 heteroatoms. The number of aryl methyl sites for hydroxylation is 1. The van der Waals surface area contributed by atoms with Gasteiger partial charge in [-0.15, -0.1) is 11.3 Å². The summed E-state index contributed by atoms with van der Waals surface area (Å²) in [6.07, 6.45) is 3.58. The van der Waals surface area contributed by atoms with Gasteiger partial charge in [0.25, 0.3) is 0 Å². The molecule has 1 atom stereocenters. The summed E-state index contributed by atoms with van der Waals surface area (Å²) in [6.45, 7) is 0. The zero-order valence-corrected chi connectivity index (χ0v) is 9.79. The summed E-state index contributed by atoms with van der Waals surface area (Å²) in [7, 11) is 1.83. The summed E-state index contributed by atoms with van der Waals surface area (Å²) < 4.78 is 2.43. The minimum atomic E-state index is -0.506. The summed E-state index contributed by atoms with van der Waals surface area (Å²) in [6, 6.07) is 3.78. The van der Waals surface area contributed by atoms with Gasteiger partial charge in [0.15, 0.2) is 0 Å². The first-order valence-electron chi connectivity index (χ1n) is 4.56. The van der Waals surface area contributed by atoms with Crippen LogP contribution in [0.4, 0.5) is 0 Å². The molecule has 80 valence electrons. The molecule has 0 saturated heterocycles. The number of hydrogen-bond acceptors (Lipinski definition) is 3. The molecule has 0 aliphatic carbocycles. The van der Waals surface area contributed by atoms with Gasteiger partial charge in [-0.1, -0.05) is 11.6 Å². The van der Waals surface area contributed by atoms with Gasteiger partial charge in [0, 0.05) is 30.1 Å². The minimum Gasteiger partial charge on any atom is -0.388 e. The molecule has 15 heavy (non-hydrogen) atoms. The summed E-state index contributed by atoms with van der Waals surface area (Å²) in [5.74, 6) is 0. The topological polar surface area (TPSA) is 38.0 Å². The third-order valence-corrected chi connectivity index (χ3v) is 3.39. The molecule has 0 radical (unpaired) electrons. The van der Waals surface area contributed by atoms with Gasteiger partial charge in [-0.25, -0.2) is 0 Å². The Bertz CT molecular complexity index is 452. The molecular formula is C10H11ClN2OS. The fraction of sp³-hybridized carbons (Fsp3) is 0.300. The molecule has 3 nitrogen and oxygen atoms in total. The SMILES string of the molecule is Cn1cc(C(O)Cc2ccc(Cl)s2)cn1. The third kappa shape index (κ3) is 2.59. The van der Waals surface area contributed by atoms with E-state index in [4.69, 9.17) is 11.6 Å². The van der Waals surface area contributed by atoms with Gasteiger partial charge in [-0.05, 0) is 12.1 Å². The lowest BCUT2D eigenvalue weighted by Crippen LogP contribution is -1.98. The van der Waals surface area contributed by atoms with Crippen LogP contribution in [0.15, 0.2) is 24.5 Å². The zero-order chi connectivity index (χ0) is 10.8. The maximum atomic E-state index is 9.91. The lowest BCUT2D eigenvalue weighted by atomic mass is 10.1. The molecule has 0 fully saturated rings. The van der Waals surface area contributed by atoms with Crippen LogP contribution in [0.3, 0.4) is 0 Å². The molecule has 2 aromatic rings. The van der Waals surface area contributed by atoms with Crippen LogP contribution in [-0.2, 0) is 13.5 Å². The van der Waals surface area contributed by atoms with Crippen molar-refractivity contribution in [3.05, 3.63) is 39.3 Å². The normalized spacial score (nSPS) is 13.0. The van der Waals surface area contributed by atoms with E-state index in [-0.39, 0.29) is 0 Å². The summed E-state index contributed by atoms with van der Waals surface area (Å²) in [5.41, 5.74) is 0.835. The van der Waals surface area contributed by atoms with E-state index in [1.54, 1.807) is 10.9 Å². The molecule has 0 bridgehead atoms. The average Bonchev–Trinajstić information content (AvgIpc) is 2.75. The predicted octanol–water partition coefficient (Wildman–Crippen LogP) is 2.41. The second-order valence-corrected chi connectivity index (χ2v) is 5.17. The zero-order valence-electron chi connectivity index (χ0n) is 8.22. The number of aliphatic hydroxyl groups excluding tert-OH is 1. The third-order valence-electron chi connectivity index (χ3n) is 2.13. The van der Waals surface area contributed by atoms with Crippen molar-refractivity contribution in [1.29, 1.82) is 0 Å². The Labute approximate surface area is 96.9 Å². The van der Waals surface area contributed by atoms with Crippen molar-refractivity contribution < 1.29 is 5.11 Å². The molecule has 0 amide bonds. The summed E-state index contributed by atoms with van der Waals surface area (Å²) >= 11 is 7.31. The first-order chi connectivity index (χ1) is 7.15. The van der Waals surface area contributed by atoms with E-state index in [2.05, 4.69) is 5.10 Å². The Balaban J connectivity index is 2.06. The Kier molecular flexibility index (Phi) is 3.09. The molecule has 0 aliphatic heterocycles. The van der Waals surface area contributed by atoms with Crippen LogP contribution in [0.2, 0.25) is 4.34 Å². The minimum absolute atomic E-state index is 0.506. The summed E-state index contributed by atoms with van der Waals surface area (Å²) in [4.78, 5) is 1.08. The monoisotopic (exact) mass is 242 g/mol. The highest BCUT2D eigenvalue weighted by Crippen LogP contribution is 2.26. The molecule has 0 spiro atoms. The Morgan fingerprint density at radius 3 is 2.93 bits per heavy atom. The van der Waals surface area contributed by atoms with Gasteiger partial charge in [-0.2, -0.15) is 5.10 Å². The maximum absolute atomic E-state index is 9.91. The smallest absolute Gasteiger partial charge is 0.0931 e. The Morgan fingerprint density at radius 1 is 1.60 bits per heavy atom. The van der Waals surface area contributed by atoms with Crippen molar-refractivity contribution in [2.24, 2.45) is 7.05 Å². The van der Waals surface area contributed by atoms with Crippen LogP contribution >= 0.6 is 22.9 Å². The van der Waals surface area contributed by atoms with Crippen molar-refractivity contribution in [2.75, 3.05) is 0 Å². The number of thiophene rings is 1. The number of nitrogens with zero attached hydrogens (tertiary/aromatic N) is 2. The van der Waals surface area contributed by atoms with E-state index >= 15 is 0 Å². The quantitative estimate of drug-likeness (QED) is 0.898. The van der Waals surface area contributed by atoms with Gasteiger partial charge < -0.3 is 5.11 Å². The highest BCUT2D eigenvalue weighted by atomic mass is 35.5. The molecule has 0 aromatic carbocycles. The number of aliphatic hydroxyl groups is 1. The van der Waals surface area contributed by atoms with Crippen LogP contribution in [0.5, 0.6) is 0 Å². The van der Waals surface area contributed by atoms with Gasteiger partial charge in [0.05, 0.1) is 16.6 Å². The fourth-order valence-corrected chi connectivity index (χ4v) is 2.51. The van der Waals surface area contributed by atoms with Crippen LogP contribution < -0.4 is 0 Å². The van der Waals surface area contributed by atoms with Crippen LogP contribution in [0.25, 0.3) is 0 Å². The number of rotatable bonds is 3. The van der Waals surface area contributed by atoms with Gasteiger partial charge in [0.1, 0.15) is 0 Å². The van der Waals surface area contributed by atoms with E-state index in [9.17, 15) is 5.11 Å². The second kappa shape index (κ2) is 4.35. The molecule has 1 N–H and O–H groups in total. The first kappa shape index (κ1) is 10.7. The molecule has 2 rings (SSSR count). The maximum Gasteiger partial charge on any atom is 0.0931 e. The average molecular weight is 243 g/mol. The van der Waals surface area contributed by atoms with E-state index < -0.39 is 6.10 Å². The van der Waals surface area contributed by atoms with Crippen molar-refractivity contribution in [3.8, 4) is 0 Å². The van der Waals surface area contributed by atoms with Gasteiger partial charge >= 0.3 is 0 Å². The van der Waals surface area contributed by atoms with E-state index in [0.717, 1.165) is 14.8 Å². The molecule has 2 heterocycles. The van der Waals surface area contributed by atoms with Crippen LogP contribution in [0.1, 0.15) is 16.5 Å². The molecule has 0 aliphatic rings. The van der Waals surface area contributed by atoms with Crippen molar-refractivity contribution >= 4 is 22.9 Å². The van der Waals surface area contributed by atoms with Gasteiger partial charge in [-0.3, -0.25) is 4.68 Å². The number of halogens is 1. The molecule has 2 aromatic heterocycles. The number of hydrogen-bond donors (Lipinski definition) is 1. The van der Waals surface area contributed by atoms with E-state index in [1.165, 1.54) is 11.3 Å². The van der Waals surface area contributed by atoms with Crippen LogP contribution in [0, 0.1) is 0 Å². The Morgan fingerprint density at radius 2 is 2.40 bits per heavy atom. The van der Waals surface area contributed by atoms with Crippen LogP contribution in [-0.4, -0.2) is 14.9 Å². The Hall–Kier alpha value is -0.840. The second-order valence-electron chi connectivity index (χ2n) is 3.37. The van der Waals surface area contributed by atoms with Crippen molar-refractivity contribution in [2.45, 2.75) is 12.5 Å². The highest BCUT2D eigenvalue weighted by Gasteiger charge is 2.11. The van der Waals surface area contributed by atoms with Gasteiger partial charge in [0.2, 0.25) is 0 Å². The molecule has 1 unspecified atom stereocenters. The first-order valence-corrected chi connectivity index (χ1v) is 5.75. The summed E-state index contributed by atoms with van der Waals surface area (Å²) in [5, 5.41) is 13.9. The highest BCUT2D eigenvalue weighted by molar-refractivity contribution is 7.16. The number of aromatic nitrogens is 2. The van der Waals surface area contributed by atoms with Crippen molar-refractivity contribution in [3.63, 3.8) is 0 Å².